The molecule has 1 aromatic rings. The van der Waals surface area contributed by atoms with E-state index in [1.807, 2.05) is 29.2 Å². The highest BCUT2D eigenvalue weighted by Crippen LogP contribution is 2.10. The standard InChI is InChI=1S/C14H19ClN2O2/c15-12-3-1-2-11(8-12)4-6-16-14(19)10-17-7-5-13(18)9-17/h1-3,8,13,18H,4-7,9-10H2,(H,16,19)/t13-/m0/s1. The van der Waals surface area contributed by atoms with Crippen LogP contribution < -0.4 is 5.32 Å². The molecule has 0 saturated carbocycles. The summed E-state index contributed by atoms with van der Waals surface area (Å²) in [5.41, 5.74) is 1.12. The Morgan fingerprint density at radius 3 is 3.05 bits per heavy atom. The first-order chi connectivity index (χ1) is 9.13. The molecule has 1 aliphatic rings. The summed E-state index contributed by atoms with van der Waals surface area (Å²) in [7, 11) is 0. The lowest BCUT2D eigenvalue weighted by Crippen LogP contribution is -2.37. The third kappa shape index (κ3) is 4.82. The molecule has 0 spiro atoms. The van der Waals surface area contributed by atoms with Crippen molar-refractivity contribution < 1.29 is 9.90 Å². The molecule has 2 rings (SSSR count). The Kier molecular flexibility index (Phi) is 5.19. The van der Waals surface area contributed by atoms with Crippen molar-refractivity contribution in [2.45, 2.75) is 18.9 Å². The molecular weight excluding hydrogens is 264 g/mol. The molecule has 104 valence electrons. The molecular formula is C14H19ClN2O2. The number of carbonyl (C=O) groups excluding carboxylic acids is 1. The van der Waals surface area contributed by atoms with E-state index in [1.165, 1.54) is 0 Å². The Hall–Kier alpha value is -1.10. The van der Waals surface area contributed by atoms with Crippen LogP contribution in [0.3, 0.4) is 0 Å². The summed E-state index contributed by atoms with van der Waals surface area (Å²) in [6, 6.07) is 7.65. The van der Waals surface area contributed by atoms with Crippen LogP contribution in [0.1, 0.15) is 12.0 Å². The Morgan fingerprint density at radius 2 is 2.37 bits per heavy atom. The normalized spacial score (nSPS) is 19.6. The van der Waals surface area contributed by atoms with Crippen LogP contribution in [0.5, 0.6) is 0 Å². The Labute approximate surface area is 118 Å². The van der Waals surface area contributed by atoms with Crippen LogP contribution in [-0.2, 0) is 11.2 Å². The van der Waals surface area contributed by atoms with Crippen molar-refractivity contribution in [2.24, 2.45) is 0 Å². The van der Waals surface area contributed by atoms with Crippen molar-refractivity contribution in [3.63, 3.8) is 0 Å². The molecule has 0 bridgehead atoms. The number of nitrogens with zero attached hydrogens (tertiary/aromatic N) is 1. The molecule has 1 heterocycles. The van der Waals surface area contributed by atoms with Crippen molar-refractivity contribution >= 4 is 17.5 Å². The minimum Gasteiger partial charge on any atom is -0.392 e. The number of halogens is 1. The number of aliphatic hydroxyl groups excluding tert-OH is 1. The monoisotopic (exact) mass is 282 g/mol. The van der Waals surface area contributed by atoms with Crippen LogP contribution >= 0.6 is 11.6 Å². The molecule has 1 aromatic carbocycles. The largest absolute Gasteiger partial charge is 0.392 e. The van der Waals surface area contributed by atoms with E-state index in [9.17, 15) is 9.90 Å². The second-order valence-electron chi connectivity index (χ2n) is 4.91. The molecule has 0 radical (unpaired) electrons. The van der Waals surface area contributed by atoms with Crippen LogP contribution in [0, 0.1) is 0 Å². The van der Waals surface area contributed by atoms with Gasteiger partial charge in [-0.3, -0.25) is 9.69 Å². The third-order valence-corrected chi connectivity index (χ3v) is 3.47. The van der Waals surface area contributed by atoms with E-state index in [-0.39, 0.29) is 12.0 Å². The van der Waals surface area contributed by atoms with Crippen LogP contribution in [0.15, 0.2) is 24.3 Å². The van der Waals surface area contributed by atoms with E-state index in [2.05, 4.69) is 5.32 Å². The van der Waals surface area contributed by atoms with Gasteiger partial charge in [0, 0.05) is 24.7 Å². The first-order valence-electron chi connectivity index (χ1n) is 6.55. The zero-order chi connectivity index (χ0) is 13.7. The average molecular weight is 283 g/mol. The van der Waals surface area contributed by atoms with Crippen molar-refractivity contribution in [3.05, 3.63) is 34.9 Å². The fourth-order valence-corrected chi connectivity index (χ4v) is 2.47. The fraction of sp³-hybridized carbons (Fsp3) is 0.500. The molecule has 1 fully saturated rings. The highest BCUT2D eigenvalue weighted by atomic mass is 35.5. The van der Waals surface area contributed by atoms with Gasteiger partial charge in [0.15, 0.2) is 0 Å². The van der Waals surface area contributed by atoms with Crippen LogP contribution in [0.4, 0.5) is 0 Å². The van der Waals surface area contributed by atoms with Crippen molar-refractivity contribution in [1.82, 2.24) is 10.2 Å². The summed E-state index contributed by atoms with van der Waals surface area (Å²) in [4.78, 5) is 13.7. The second-order valence-corrected chi connectivity index (χ2v) is 5.34. The van der Waals surface area contributed by atoms with Crippen molar-refractivity contribution in [3.8, 4) is 0 Å². The second kappa shape index (κ2) is 6.89. The van der Waals surface area contributed by atoms with Gasteiger partial charge in [-0.05, 0) is 30.5 Å². The van der Waals surface area contributed by atoms with Crippen LogP contribution in [-0.4, -0.2) is 48.2 Å². The van der Waals surface area contributed by atoms with Gasteiger partial charge in [0.2, 0.25) is 5.91 Å². The average Bonchev–Trinajstić information content (AvgIpc) is 2.75. The molecule has 2 N–H and O–H groups in total. The lowest BCUT2D eigenvalue weighted by atomic mass is 10.1. The van der Waals surface area contributed by atoms with Gasteiger partial charge in [-0.1, -0.05) is 23.7 Å². The quantitative estimate of drug-likeness (QED) is 0.849. The first kappa shape index (κ1) is 14.3. The summed E-state index contributed by atoms with van der Waals surface area (Å²) in [6.45, 7) is 2.37. The predicted molar refractivity (Wildman–Crippen MR) is 75.2 cm³/mol. The van der Waals surface area contributed by atoms with Gasteiger partial charge in [-0.15, -0.1) is 0 Å². The Balaban J connectivity index is 1.66. The number of carbonyl (C=O) groups is 1. The number of likely N-dealkylation sites (tertiary alicyclic amines) is 1. The SMILES string of the molecule is O=C(CN1CC[C@H](O)C1)NCCc1cccc(Cl)c1. The smallest absolute Gasteiger partial charge is 0.234 e. The van der Waals surface area contributed by atoms with Gasteiger partial charge in [-0.25, -0.2) is 0 Å². The zero-order valence-corrected chi connectivity index (χ0v) is 11.6. The Bertz CT molecular complexity index is 439. The highest BCUT2D eigenvalue weighted by Gasteiger charge is 2.21. The number of rotatable bonds is 5. The summed E-state index contributed by atoms with van der Waals surface area (Å²) in [6.07, 6.45) is 1.25. The molecule has 0 aromatic heterocycles. The van der Waals surface area contributed by atoms with Crippen molar-refractivity contribution in [2.75, 3.05) is 26.2 Å². The lowest BCUT2D eigenvalue weighted by molar-refractivity contribution is -0.122. The van der Waals surface area contributed by atoms with Gasteiger partial charge in [-0.2, -0.15) is 0 Å². The van der Waals surface area contributed by atoms with E-state index < -0.39 is 0 Å². The van der Waals surface area contributed by atoms with E-state index in [0.29, 0.717) is 19.6 Å². The molecule has 5 heteroatoms. The number of aliphatic hydroxyl groups is 1. The summed E-state index contributed by atoms with van der Waals surface area (Å²) >= 11 is 5.90. The fourth-order valence-electron chi connectivity index (χ4n) is 2.25. The summed E-state index contributed by atoms with van der Waals surface area (Å²) < 4.78 is 0. The maximum Gasteiger partial charge on any atom is 0.234 e. The van der Waals surface area contributed by atoms with E-state index in [0.717, 1.165) is 30.0 Å². The minimum atomic E-state index is -0.278. The number of nitrogens with one attached hydrogen (secondary N) is 1. The maximum atomic E-state index is 11.7. The minimum absolute atomic E-state index is 0.0103. The molecule has 1 amide bonds. The maximum absolute atomic E-state index is 11.7. The summed E-state index contributed by atoms with van der Waals surface area (Å²) in [5, 5.41) is 13.0. The molecule has 1 aliphatic heterocycles. The summed E-state index contributed by atoms with van der Waals surface area (Å²) in [5.74, 6) is 0.0103. The van der Waals surface area contributed by atoms with E-state index >= 15 is 0 Å². The third-order valence-electron chi connectivity index (χ3n) is 3.24. The zero-order valence-electron chi connectivity index (χ0n) is 10.8. The number of amides is 1. The van der Waals surface area contributed by atoms with Gasteiger partial charge in [0.05, 0.1) is 12.6 Å². The van der Waals surface area contributed by atoms with Crippen LogP contribution in [0.2, 0.25) is 5.02 Å². The number of benzene rings is 1. The van der Waals surface area contributed by atoms with Gasteiger partial charge in [0.25, 0.3) is 0 Å². The Morgan fingerprint density at radius 1 is 1.53 bits per heavy atom. The van der Waals surface area contributed by atoms with Crippen LogP contribution in [0.25, 0.3) is 0 Å². The molecule has 0 aliphatic carbocycles. The van der Waals surface area contributed by atoms with E-state index in [1.54, 1.807) is 0 Å². The lowest BCUT2D eigenvalue weighted by Gasteiger charge is -2.14. The number of β-amino-alcohol motifs (C(OH)–C–C–N with tert-alkyl or cyclic N) is 1. The highest BCUT2D eigenvalue weighted by molar-refractivity contribution is 6.30. The predicted octanol–water partition coefficient (Wildman–Crippen LogP) is 1.07. The van der Waals surface area contributed by atoms with Crippen molar-refractivity contribution in [1.29, 1.82) is 0 Å². The molecule has 19 heavy (non-hydrogen) atoms. The first-order valence-corrected chi connectivity index (χ1v) is 6.93. The number of hydrogen-bond acceptors (Lipinski definition) is 3. The topological polar surface area (TPSA) is 52.6 Å². The van der Waals surface area contributed by atoms with Gasteiger partial charge in [0.1, 0.15) is 0 Å². The molecule has 1 saturated heterocycles. The molecule has 4 nitrogen and oxygen atoms in total. The van der Waals surface area contributed by atoms with E-state index in [4.69, 9.17) is 11.6 Å². The van der Waals surface area contributed by atoms with Gasteiger partial charge >= 0.3 is 0 Å². The number of hydrogen-bond donors (Lipinski definition) is 2. The molecule has 0 unspecified atom stereocenters. The van der Waals surface area contributed by atoms with Gasteiger partial charge < -0.3 is 10.4 Å². The molecule has 1 atom stereocenters.